The van der Waals surface area contributed by atoms with Gasteiger partial charge in [0.1, 0.15) is 5.75 Å². The third-order valence-corrected chi connectivity index (χ3v) is 3.20. The molecule has 0 aliphatic rings. The summed E-state index contributed by atoms with van der Waals surface area (Å²) >= 11 is 5.88. The van der Waals surface area contributed by atoms with Gasteiger partial charge in [-0.15, -0.1) is 0 Å². The van der Waals surface area contributed by atoms with E-state index in [0.29, 0.717) is 23.4 Å². The highest BCUT2D eigenvalue weighted by Crippen LogP contribution is 2.20. The van der Waals surface area contributed by atoms with E-state index < -0.39 is 0 Å². The molecule has 0 unspecified atom stereocenters. The van der Waals surface area contributed by atoms with E-state index in [1.165, 1.54) is 0 Å². The molecular formula is C16H15ClO2. The maximum atomic E-state index is 12.1. The van der Waals surface area contributed by atoms with Crippen molar-refractivity contribution in [2.45, 2.75) is 12.8 Å². The number of methoxy groups -OCH3 is 1. The number of hydrogen-bond donors (Lipinski definition) is 0. The number of ketones is 1. The lowest BCUT2D eigenvalue weighted by atomic mass is 10.0. The highest BCUT2D eigenvalue weighted by atomic mass is 35.5. The molecule has 19 heavy (non-hydrogen) atoms. The zero-order chi connectivity index (χ0) is 13.7. The first kappa shape index (κ1) is 13.6. The van der Waals surface area contributed by atoms with E-state index in [4.69, 9.17) is 16.3 Å². The van der Waals surface area contributed by atoms with Crippen LogP contribution in [0.25, 0.3) is 0 Å². The number of benzene rings is 2. The van der Waals surface area contributed by atoms with Crippen LogP contribution in [0.2, 0.25) is 5.02 Å². The minimum Gasteiger partial charge on any atom is -0.496 e. The summed E-state index contributed by atoms with van der Waals surface area (Å²) in [5, 5.41) is 0.586. The topological polar surface area (TPSA) is 26.3 Å². The Morgan fingerprint density at radius 2 is 1.95 bits per heavy atom. The summed E-state index contributed by atoms with van der Waals surface area (Å²) in [7, 11) is 1.64. The van der Waals surface area contributed by atoms with Crippen LogP contribution in [0.3, 0.4) is 0 Å². The third-order valence-electron chi connectivity index (χ3n) is 2.96. The number of halogens is 1. The van der Waals surface area contributed by atoms with Crippen LogP contribution in [0.4, 0.5) is 0 Å². The zero-order valence-corrected chi connectivity index (χ0v) is 11.5. The molecule has 0 aliphatic heterocycles. The second-order valence-corrected chi connectivity index (χ2v) is 4.68. The largest absolute Gasteiger partial charge is 0.496 e. The Kier molecular flexibility index (Phi) is 4.58. The maximum Gasteiger partial charge on any atom is 0.163 e. The first-order chi connectivity index (χ1) is 9.20. The second kappa shape index (κ2) is 6.39. The van der Waals surface area contributed by atoms with Crippen molar-refractivity contribution < 1.29 is 9.53 Å². The summed E-state index contributed by atoms with van der Waals surface area (Å²) in [6.07, 6.45) is 1.11. The SMILES string of the molecule is COc1ccccc1CCC(=O)c1cccc(Cl)c1. The molecule has 0 fully saturated rings. The number of carbonyl (C=O) groups excluding carboxylic acids is 1. The van der Waals surface area contributed by atoms with E-state index >= 15 is 0 Å². The van der Waals surface area contributed by atoms with Crippen LogP contribution in [0.5, 0.6) is 5.75 Å². The van der Waals surface area contributed by atoms with Crippen LogP contribution in [0.1, 0.15) is 22.3 Å². The van der Waals surface area contributed by atoms with Gasteiger partial charge in [0.2, 0.25) is 0 Å². The third kappa shape index (κ3) is 3.58. The summed E-state index contributed by atoms with van der Waals surface area (Å²) in [4.78, 5) is 12.1. The lowest BCUT2D eigenvalue weighted by Crippen LogP contribution is -2.02. The molecule has 0 amide bonds. The van der Waals surface area contributed by atoms with E-state index in [9.17, 15) is 4.79 Å². The number of Topliss-reactive ketones (excluding diaryl/α,β-unsaturated/α-hetero) is 1. The molecule has 2 nitrogen and oxygen atoms in total. The van der Waals surface area contributed by atoms with Crippen LogP contribution in [0, 0.1) is 0 Å². The van der Waals surface area contributed by atoms with Gasteiger partial charge < -0.3 is 4.74 Å². The molecule has 0 heterocycles. The van der Waals surface area contributed by atoms with Gasteiger partial charge in [-0.05, 0) is 30.2 Å². The molecule has 0 spiro atoms. The normalized spacial score (nSPS) is 10.2. The molecule has 2 aromatic carbocycles. The fourth-order valence-electron chi connectivity index (χ4n) is 1.96. The second-order valence-electron chi connectivity index (χ2n) is 4.25. The Balaban J connectivity index is 2.04. The molecule has 0 aliphatic carbocycles. The van der Waals surface area contributed by atoms with Crippen molar-refractivity contribution in [3.05, 3.63) is 64.7 Å². The predicted octanol–water partition coefficient (Wildman–Crippen LogP) is 4.16. The Morgan fingerprint density at radius 3 is 2.68 bits per heavy atom. The average molecular weight is 275 g/mol. The van der Waals surface area contributed by atoms with E-state index in [2.05, 4.69) is 0 Å². The van der Waals surface area contributed by atoms with Crippen LogP contribution >= 0.6 is 11.6 Å². The van der Waals surface area contributed by atoms with E-state index in [1.54, 1.807) is 31.4 Å². The first-order valence-corrected chi connectivity index (χ1v) is 6.49. The number of hydrogen-bond acceptors (Lipinski definition) is 2. The van der Waals surface area contributed by atoms with Crippen LogP contribution < -0.4 is 4.74 Å². The summed E-state index contributed by atoms with van der Waals surface area (Å²) in [5.41, 5.74) is 1.70. The van der Waals surface area contributed by atoms with Crippen molar-refractivity contribution in [3.8, 4) is 5.75 Å². The van der Waals surface area contributed by atoms with Gasteiger partial charge in [-0.1, -0.05) is 41.9 Å². The Bertz CT molecular complexity index is 578. The van der Waals surface area contributed by atoms with Crippen molar-refractivity contribution in [2.75, 3.05) is 7.11 Å². The average Bonchev–Trinajstić information content (AvgIpc) is 2.45. The van der Waals surface area contributed by atoms with E-state index in [1.807, 2.05) is 24.3 Å². The lowest BCUT2D eigenvalue weighted by molar-refractivity contribution is 0.0982. The molecule has 98 valence electrons. The van der Waals surface area contributed by atoms with E-state index in [-0.39, 0.29) is 5.78 Å². The van der Waals surface area contributed by atoms with Crippen LogP contribution in [-0.2, 0) is 6.42 Å². The van der Waals surface area contributed by atoms with Crippen molar-refractivity contribution in [1.82, 2.24) is 0 Å². The molecule has 0 radical (unpaired) electrons. The molecule has 0 atom stereocenters. The fourth-order valence-corrected chi connectivity index (χ4v) is 2.15. The summed E-state index contributed by atoms with van der Waals surface area (Å²) in [6.45, 7) is 0. The number of carbonyl (C=O) groups is 1. The molecule has 0 bridgehead atoms. The van der Waals surface area contributed by atoms with Gasteiger partial charge in [-0.2, -0.15) is 0 Å². The standard InChI is InChI=1S/C16H15ClO2/c1-19-16-8-3-2-5-12(16)9-10-15(18)13-6-4-7-14(17)11-13/h2-8,11H,9-10H2,1H3. The molecular weight excluding hydrogens is 260 g/mol. The molecule has 2 rings (SSSR count). The summed E-state index contributed by atoms with van der Waals surface area (Å²) in [5.74, 6) is 0.912. The van der Waals surface area contributed by atoms with Gasteiger partial charge in [0.25, 0.3) is 0 Å². The lowest BCUT2D eigenvalue weighted by Gasteiger charge is -2.07. The van der Waals surface area contributed by atoms with E-state index in [0.717, 1.165) is 11.3 Å². The smallest absolute Gasteiger partial charge is 0.163 e. The Hall–Kier alpha value is -1.80. The monoisotopic (exact) mass is 274 g/mol. The van der Waals surface area contributed by atoms with Crippen molar-refractivity contribution in [1.29, 1.82) is 0 Å². The summed E-state index contributed by atoms with van der Waals surface area (Å²) in [6, 6.07) is 14.8. The first-order valence-electron chi connectivity index (χ1n) is 6.11. The number of ether oxygens (including phenoxy) is 1. The van der Waals surface area contributed by atoms with Crippen molar-refractivity contribution in [3.63, 3.8) is 0 Å². The van der Waals surface area contributed by atoms with Crippen LogP contribution in [0.15, 0.2) is 48.5 Å². The van der Waals surface area contributed by atoms with Gasteiger partial charge >= 0.3 is 0 Å². The zero-order valence-electron chi connectivity index (χ0n) is 10.7. The minimum atomic E-state index is 0.0911. The molecule has 0 N–H and O–H groups in total. The van der Waals surface area contributed by atoms with Gasteiger partial charge in [-0.3, -0.25) is 4.79 Å². The van der Waals surface area contributed by atoms with Gasteiger partial charge in [-0.25, -0.2) is 0 Å². The number of para-hydroxylation sites is 1. The summed E-state index contributed by atoms with van der Waals surface area (Å²) < 4.78 is 5.27. The molecule has 0 saturated carbocycles. The van der Waals surface area contributed by atoms with Crippen molar-refractivity contribution in [2.24, 2.45) is 0 Å². The fraction of sp³-hybridized carbons (Fsp3) is 0.188. The highest BCUT2D eigenvalue weighted by molar-refractivity contribution is 6.31. The van der Waals surface area contributed by atoms with Crippen LogP contribution in [-0.4, -0.2) is 12.9 Å². The molecule has 3 heteroatoms. The Labute approximate surface area is 118 Å². The highest BCUT2D eigenvalue weighted by Gasteiger charge is 2.08. The number of rotatable bonds is 5. The van der Waals surface area contributed by atoms with Gasteiger partial charge in [0, 0.05) is 17.0 Å². The minimum absolute atomic E-state index is 0.0911. The Morgan fingerprint density at radius 1 is 1.16 bits per heavy atom. The van der Waals surface area contributed by atoms with Crippen molar-refractivity contribution >= 4 is 17.4 Å². The molecule has 2 aromatic rings. The number of aryl methyl sites for hydroxylation is 1. The predicted molar refractivity (Wildman–Crippen MR) is 77.1 cm³/mol. The van der Waals surface area contributed by atoms with Gasteiger partial charge in [0.05, 0.1) is 7.11 Å². The maximum absolute atomic E-state index is 12.1. The molecule has 0 aromatic heterocycles. The molecule has 0 saturated heterocycles. The quantitative estimate of drug-likeness (QED) is 0.765. The van der Waals surface area contributed by atoms with Gasteiger partial charge in [0.15, 0.2) is 5.78 Å².